The van der Waals surface area contributed by atoms with Crippen molar-refractivity contribution in [1.82, 2.24) is 10.3 Å². The van der Waals surface area contributed by atoms with Crippen molar-refractivity contribution in [3.8, 4) is 0 Å². The van der Waals surface area contributed by atoms with Crippen LogP contribution in [0.25, 0.3) is 0 Å². The lowest BCUT2D eigenvalue weighted by molar-refractivity contribution is 0.0526. The minimum atomic E-state index is -0.322. The second-order valence-electron chi connectivity index (χ2n) is 4.66. The van der Waals surface area contributed by atoms with Gasteiger partial charge in [-0.05, 0) is 44.9 Å². The van der Waals surface area contributed by atoms with Gasteiger partial charge in [0.15, 0.2) is 0 Å². The molecule has 0 spiro atoms. The van der Waals surface area contributed by atoms with Gasteiger partial charge < -0.3 is 15.4 Å². The summed E-state index contributed by atoms with van der Waals surface area (Å²) >= 11 is 0. The molecule has 0 amide bonds. The number of hydrogen-bond acceptors (Lipinski definition) is 5. The zero-order valence-electron chi connectivity index (χ0n) is 11.3. The number of hydrogen-bond donors (Lipinski definition) is 2. The first-order chi connectivity index (χ1) is 9.29. The Kier molecular flexibility index (Phi) is 5.15. The Bertz CT molecular complexity index is 400. The number of ether oxygens (including phenoxy) is 1. The van der Waals surface area contributed by atoms with E-state index in [4.69, 9.17) is 4.74 Å². The lowest BCUT2D eigenvalue weighted by Crippen LogP contribution is -2.24. The highest BCUT2D eigenvalue weighted by atomic mass is 16.5. The van der Waals surface area contributed by atoms with E-state index >= 15 is 0 Å². The monoisotopic (exact) mass is 263 g/mol. The van der Waals surface area contributed by atoms with Crippen LogP contribution in [0.3, 0.4) is 0 Å². The molecule has 1 aromatic rings. The van der Waals surface area contributed by atoms with E-state index in [1.54, 1.807) is 19.2 Å². The van der Waals surface area contributed by atoms with Gasteiger partial charge in [0, 0.05) is 18.8 Å². The minimum absolute atomic E-state index is 0.322. The van der Waals surface area contributed by atoms with Crippen LogP contribution in [-0.4, -0.2) is 36.7 Å². The zero-order chi connectivity index (χ0) is 13.5. The molecular formula is C14H21N3O2. The van der Waals surface area contributed by atoms with Gasteiger partial charge in [-0.2, -0.15) is 0 Å². The number of aromatic nitrogens is 1. The van der Waals surface area contributed by atoms with Crippen LogP contribution in [0.2, 0.25) is 0 Å². The molecule has 1 saturated heterocycles. The van der Waals surface area contributed by atoms with Crippen molar-refractivity contribution in [1.29, 1.82) is 0 Å². The Morgan fingerprint density at radius 1 is 1.58 bits per heavy atom. The minimum Gasteiger partial charge on any atom is -0.462 e. The maximum absolute atomic E-state index is 11.5. The fourth-order valence-corrected chi connectivity index (χ4v) is 2.21. The van der Waals surface area contributed by atoms with Crippen molar-refractivity contribution in [2.24, 2.45) is 0 Å². The number of anilines is 1. The quantitative estimate of drug-likeness (QED) is 0.766. The molecule has 19 heavy (non-hydrogen) atoms. The van der Waals surface area contributed by atoms with Crippen LogP contribution in [-0.2, 0) is 4.74 Å². The van der Waals surface area contributed by atoms with E-state index in [2.05, 4.69) is 15.6 Å². The average Bonchev–Trinajstić information content (AvgIpc) is 2.93. The fraction of sp³-hybridized carbons (Fsp3) is 0.571. The Morgan fingerprint density at radius 3 is 3.11 bits per heavy atom. The third kappa shape index (κ3) is 4.21. The van der Waals surface area contributed by atoms with Gasteiger partial charge in [-0.15, -0.1) is 0 Å². The van der Waals surface area contributed by atoms with Crippen molar-refractivity contribution in [2.75, 3.05) is 25.0 Å². The molecule has 0 aromatic carbocycles. The number of rotatable bonds is 6. The molecule has 2 rings (SSSR count). The first-order valence-electron chi connectivity index (χ1n) is 6.90. The molecule has 0 unspecified atom stereocenters. The van der Waals surface area contributed by atoms with Gasteiger partial charge in [-0.3, -0.25) is 0 Å². The number of pyridine rings is 1. The molecule has 1 aliphatic heterocycles. The summed E-state index contributed by atoms with van der Waals surface area (Å²) in [6.07, 6.45) is 5.18. The van der Waals surface area contributed by atoms with Gasteiger partial charge in [0.25, 0.3) is 0 Å². The topological polar surface area (TPSA) is 63.2 Å². The fourth-order valence-electron chi connectivity index (χ4n) is 2.21. The van der Waals surface area contributed by atoms with Crippen molar-refractivity contribution in [3.05, 3.63) is 23.9 Å². The van der Waals surface area contributed by atoms with Crippen LogP contribution in [0.15, 0.2) is 18.3 Å². The predicted molar refractivity (Wildman–Crippen MR) is 74.3 cm³/mol. The Balaban J connectivity index is 1.76. The number of esters is 1. The lowest BCUT2D eigenvalue weighted by Gasteiger charge is -2.11. The molecule has 2 N–H and O–H groups in total. The average molecular weight is 263 g/mol. The summed E-state index contributed by atoms with van der Waals surface area (Å²) in [6.45, 7) is 4.20. The van der Waals surface area contributed by atoms with Crippen LogP contribution >= 0.6 is 0 Å². The van der Waals surface area contributed by atoms with Gasteiger partial charge in [-0.1, -0.05) is 0 Å². The van der Waals surface area contributed by atoms with Gasteiger partial charge in [0.05, 0.1) is 12.2 Å². The number of carbonyl (C=O) groups is 1. The molecular weight excluding hydrogens is 242 g/mol. The van der Waals surface area contributed by atoms with Crippen molar-refractivity contribution < 1.29 is 9.53 Å². The van der Waals surface area contributed by atoms with E-state index in [-0.39, 0.29) is 5.97 Å². The smallest absolute Gasteiger partial charge is 0.339 e. The Labute approximate surface area is 113 Å². The molecule has 5 heteroatoms. The van der Waals surface area contributed by atoms with Crippen LogP contribution in [0.5, 0.6) is 0 Å². The van der Waals surface area contributed by atoms with E-state index in [0.29, 0.717) is 18.2 Å². The maximum Gasteiger partial charge on any atom is 0.339 e. The third-order valence-corrected chi connectivity index (χ3v) is 3.24. The molecule has 1 atom stereocenters. The first-order valence-corrected chi connectivity index (χ1v) is 6.90. The number of nitrogens with one attached hydrogen (secondary N) is 2. The van der Waals surface area contributed by atoms with Crippen molar-refractivity contribution in [3.63, 3.8) is 0 Å². The highest BCUT2D eigenvalue weighted by Crippen LogP contribution is 2.10. The lowest BCUT2D eigenvalue weighted by atomic mass is 10.1. The zero-order valence-corrected chi connectivity index (χ0v) is 11.3. The maximum atomic E-state index is 11.5. The van der Waals surface area contributed by atoms with Gasteiger partial charge in [-0.25, -0.2) is 9.78 Å². The molecule has 1 fully saturated rings. The molecule has 0 radical (unpaired) electrons. The normalized spacial score (nSPS) is 18.3. The van der Waals surface area contributed by atoms with Crippen LogP contribution in [0, 0.1) is 0 Å². The Hall–Kier alpha value is -1.62. The van der Waals surface area contributed by atoms with Crippen LogP contribution in [0.1, 0.15) is 36.5 Å². The predicted octanol–water partition coefficient (Wildman–Crippen LogP) is 1.81. The molecule has 1 aliphatic rings. The van der Waals surface area contributed by atoms with Gasteiger partial charge >= 0.3 is 5.97 Å². The molecule has 5 nitrogen and oxygen atoms in total. The summed E-state index contributed by atoms with van der Waals surface area (Å²) in [5, 5.41) is 6.73. The highest BCUT2D eigenvalue weighted by Gasteiger charge is 2.13. The summed E-state index contributed by atoms with van der Waals surface area (Å²) < 4.78 is 4.91. The number of nitrogens with zero attached hydrogens (tertiary/aromatic N) is 1. The first kappa shape index (κ1) is 13.8. The summed E-state index contributed by atoms with van der Waals surface area (Å²) in [6, 6.07) is 4.18. The van der Waals surface area contributed by atoms with E-state index in [1.807, 2.05) is 6.07 Å². The van der Waals surface area contributed by atoms with Crippen LogP contribution in [0.4, 0.5) is 5.82 Å². The third-order valence-electron chi connectivity index (χ3n) is 3.24. The molecule has 0 bridgehead atoms. The standard InChI is InChI=1S/C14H21N3O2/c1-2-19-14(18)11-5-6-13(17-10-11)16-9-7-12-4-3-8-15-12/h5-6,10,12,15H,2-4,7-9H2,1H3,(H,16,17)/t12-/m0/s1. The molecule has 104 valence electrons. The van der Waals surface area contributed by atoms with Gasteiger partial charge in [0.1, 0.15) is 5.82 Å². The van der Waals surface area contributed by atoms with Crippen LogP contribution < -0.4 is 10.6 Å². The molecule has 2 heterocycles. The second-order valence-corrected chi connectivity index (χ2v) is 4.66. The van der Waals surface area contributed by atoms with E-state index in [0.717, 1.165) is 25.3 Å². The second kappa shape index (κ2) is 7.09. The largest absolute Gasteiger partial charge is 0.462 e. The Morgan fingerprint density at radius 2 is 2.47 bits per heavy atom. The summed E-state index contributed by atoms with van der Waals surface area (Å²) in [4.78, 5) is 15.7. The van der Waals surface area contributed by atoms with Crippen molar-refractivity contribution >= 4 is 11.8 Å². The molecule has 1 aromatic heterocycles. The van der Waals surface area contributed by atoms with Gasteiger partial charge in [0.2, 0.25) is 0 Å². The van der Waals surface area contributed by atoms with E-state index in [1.165, 1.54) is 12.8 Å². The molecule has 0 aliphatic carbocycles. The molecule has 0 saturated carbocycles. The SMILES string of the molecule is CCOC(=O)c1ccc(NCC[C@@H]2CCCN2)nc1. The highest BCUT2D eigenvalue weighted by molar-refractivity contribution is 5.89. The summed E-state index contributed by atoms with van der Waals surface area (Å²) in [5.74, 6) is 0.475. The summed E-state index contributed by atoms with van der Waals surface area (Å²) in [5.41, 5.74) is 0.491. The summed E-state index contributed by atoms with van der Waals surface area (Å²) in [7, 11) is 0. The van der Waals surface area contributed by atoms with E-state index < -0.39 is 0 Å². The van der Waals surface area contributed by atoms with Crippen molar-refractivity contribution in [2.45, 2.75) is 32.2 Å². The van der Waals surface area contributed by atoms with E-state index in [9.17, 15) is 4.79 Å². The number of carbonyl (C=O) groups excluding carboxylic acids is 1.